The van der Waals surface area contributed by atoms with Crippen LogP contribution in [0, 0.1) is 6.92 Å². The zero-order valence-electron chi connectivity index (χ0n) is 10.7. The van der Waals surface area contributed by atoms with Crippen LogP contribution < -0.4 is 10.7 Å². The number of nitrogens with one attached hydrogen (secondary N) is 2. The number of hydrogen-bond acceptors (Lipinski definition) is 4. The van der Waals surface area contributed by atoms with Crippen LogP contribution in [-0.4, -0.2) is 22.8 Å². The highest BCUT2D eigenvalue weighted by molar-refractivity contribution is 7.12. The number of rotatable bonds is 3. The Bertz CT molecular complexity index is 449. The number of aryl methyl sites for hydroxylation is 1. The maximum atomic E-state index is 11.6. The Labute approximate surface area is 111 Å². The molecule has 6 heteroatoms. The van der Waals surface area contributed by atoms with Crippen LogP contribution in [0.25, 0.3) is 0 Å². The van der Waals surface area contributed by atoms with Crippen molar-refractivity contribution in [1.29, 1.82) is 0 Å². The molecule has 0 unspecified atom stereocenters. The van der Waals surface area contributed by atoms with Crippen LogP contribution in [0.15, 0.2) is 10.6 Å². The molecule has 1 aliphatic rings. The second-order valence-electron chi connectivity index (χ2n) is 4.53. The summed E-state index contributed by atoms with van der Waals surface area (Å²) in [6, 6.07) is 0.0917. The van der Waals surface area contributed by atoms with Gasteiger partial charge in [0.15, 0.2) is 0 Å². The van der Waals surface area contributed by atoms with Crippen molar-refractivity contribution in [2.45, 2.75) is 45.6 Å². The van der Waals surface area contributed by atoms with E-state index in [1.165, 1.54) is 24.2 Å². The van der Waals surface area contributed by atoms with Gasteiger partial charge >= 0.3 is 6.03 Å². The summed E-state index contributed by atoms with van der Waals surface area (Å²) < 4.78 is 0. The number of aromatic nitrogens is 1. The third-order valence-electron chi connectivity index (χ3n) is 3.09. The smallest absolute Gasteiger partial charge is 0.334 e. The standard InChI is InChI=1S/C12H18N4OS/c1-8-11(18-7-13-8)9(2)15-16-12(17)14-10-5-3-4-6-10/h7,10H,3-6H2,1-2H3,(H2,14,16,17). The molecule has 2 amide bonds. The van der Waals surface area contributed by atoms with Crippen LogP contribution in [0.4, 0.5) is 4.79 Å². The first kappa shape index (κ1) is 13.0. The molecule has 0 atom stereocenters. The van der Waals surface area contributed by atoms with Crippen LogP contribution in [-0.2, 0) is 0 Å². The molecule has 1 aromatic rings. The topological polar surface area (TPSA) is 66.4 Å². The van der Waals surface area contributed by atoms with Gasteiger partial charge < -0.3 is 5.32 Å². The van der Waals surface area contributed by atoms with E-state index in [4.69, 9.17) is 0 Å². The minimum Gasteiger partial charge on any atom is -0.334 e. The number of carbonyl (C=O) groups excluding carboxylic acids is 1. The Kier molecular flexibility index (Phi) is 4.30. The quantitative estimate of drug-likeness (QED) is 0.651. The van der Waals surface area contributed by atoms with E-state index in [1.807, 2.05) is 13.8 Å². The highest BCUT2D eigenvalue weighted by Crippen LogP contribution is 2.17. The molecule has 18 heavy (non-hydrogen) atoms. The van der Waals surface area contributed by atoms with E-state index >= 15 is 0 Å². The van der Waals surface area contributed by atoms with E-state index in [2.05, 4.69) is 20.8 Å². The molecule has 0 aromatic carbocycles. The predicted molar refractivity (Wildman–Crippen MR) is 73.0 cm³/mol. The molecule has 5 nitrogen and oxygen atoms in total. The summed E-state index contributed by atoms with van der Waals surface area (Å²) in [5, 5.41) is 7.02. The number of carbonyl (C=O) groups is 1. The second-order valence-corrected chi connectivity index (χ2v) is 5.39. The average Bonchev–Trinajstić information content (AvgIpc) is 2.97. The van der Waals surface area contributed by atoms with E-state index in [0.29, 0.717) is 6.04 Å². The van der Waals surface area contributed by atoms with Gasteiger partial charge in [0.05, 0.1) is 21.8 Å². The number of nitrogens with zero attached hydrogens (tertiary/aromatic N) is 2. The zero-order chi connectivity index (χ0) is 13.0. The Morgan fingerprint density at radius 3 is 2.83 bits per heavy atom. The summed E-state index contributed by atoms with van der Waals surface area (Å²) in [5.41, 5.74) is 6.05. The zero-order valence-corrected chi connectivity index (χ0v) is 11.5. The fraction of sp³-hybridized carbons (Fsp3) is 0.583. The van der Waals surface area contributed by atoms with Gasteiger partial charge in [0.25, 0.3) is 0 Å². The molecule has 0 spiro atoms. The molecule has 0 saturated heterocycles. The van der Waals surface area contributed by atoms with Gasteiger partial charge in [-0.05, 0) is 26.7 Å². The Morgan fingerprint density at radius 1 is 1.50 bits per heavy atom. The van der Waals surface area contributed by atoms with E-state index in [-0.39, 0.29) is 6.03 Å². The fourth-order valence-electron chi connectivity index (χ4n) is 2.12. The molecule has 1 fully saturated rings. The Balaban J connectivity index is 1.86. The van der Waals surface area contributed by atoms with Crippen LogP contribution >= 0.6 is 11.3 Å². The van der Waals surface area contributed by atoms with E-state index < -0.39 is 0 Å². The molecule has 0 aliphatic heterocycles. The van der Waals surface area contributed by atoms with Crippen molar-refractivity contribution in [3.63, 3.8) is 0 Å². The van der Waals surface area contributed by atoms with Gasteiger partial charge in [-0.25, -0.2) is 15.2 Å². The van der Waals surface area contributed by atoms with Crippen LogP contribution in [0.3, 0.4) is 0 Å². The summed E-state index contributed by atoms with van der Waals surface area (Å²) in [7, 11) is 0. The highest BCUT2D eigenvalue weighted by Gasteiger charge is 2.16. The first-order valence-corrected chi connectivity index (χ1v) is 7.06. The Hall–Kier alpha value is -1.43. The third-order valence-corrected chi connectivity index (χ3v) is 4.13. The molecule has 1 saturated carbocycles. The summed E-state index contributed by atoms with van der Waals surface area (Å²) in [5.74, 6) is 0. The molecular weight excluding hydrogens is 248 g/mol. The van der Waals surface area contributed by atoms with Gasteiger partial charge in [0, 0.05) is 6.04 Å². The number of thiazole rings is 1. The number of hydrazone groups is 1. The molecule has 2 rings (SSSR count). The molecule has 1 aromatic heterocycles. The summed E-state index contributed by atoms with van der Waals surface area (Å²) in [4.78, 5) is 16.8. The minimum absolute atomic E-state index is 0.219. The average molecular weight is 266 g/mol. The molecule has 1 heterocycles. The molecule has 1 aliphatic carbocycles. The number of amides is 2. The maximum Gasteiger partial charge on any atom is 0.335 e. The van der Waals surface area contributed by atoms with Crippen molar-refractivity contribution >= 4 is 23.1 Å². The van der Waals surface area contributed by atoms with Crippen LogP contribution in [0.2, 0.25) is 0 Å². The van der Waals surface area contributed by atoms with Crippen molar-refractivity contribution in [1.82, 2.24) is 15.7 Å². The Morgan fingerprint density at radius 2 is 2.22 bits per heavy atom. The van der Waals surface area contributed by atoms with Crippen molar-refractivity contribution in [2.24, 2.45) is 5.10 Å². The summed E-state index contributed by atoms with van der Waals surface area (Å²) in [6.07, 6.45) is 4.55. The maximum absolute atomic E-state index is 11.6. The largest absolute Gasteiger partial charge is 0.335 e. The van der Waals surface area contributed by atoms with E-state index in [9.17, 15) is 4.79 Å². The molecular formula is C12H18N4OS. The van der Waals surface area contributed by atoms with E-state index in [1.54, 1.807) is 5.51 Å². The van der Waals surface area contributed by atoms with Crippen molar-refractivity contribution in [2.75, 3.05) is 0 Å². The molecule has 98 valence electrons. The molecule has 0 bridgehead atoms. The molecule has 0 radical (unpaired) electrons. The predicted octanol–water partition coefficient (Wildman–Crippen LogP) is 2.42. The molecule has 2 N–H and O–H groups in total. The van der Waals surface area contributed by atoms with Gasteiger partial charge in [-0.15, -0.1) is 11.3 Å². The van der Waals surface area contributed by atoms with Crippen LogP contribution in [0.5, 0.6) is 0 Å². The lowest BCUT2D eigenvalue weighted by Crippen LogP contribution is -2.39. The first-order chi connectivity index (χ1) is 8.66. The number of hydrogen-bond donors (Lipinski definition) is 2. The van der Waals surface area contributed by atoms with Crippen molar-refractivity contribution in [3.05, 3.63) is 16.1 Å². The van der Waals surface area contributed by atoms with Crippen LogP contribution in [0.1, 0.15) is 43.2 Å². The van der Waals surface area contributed by atoms with Gasteiger partial charge in [-0.3, -0.25) is 0 Å². The summed E-state index contributed by atoms with van der Waals surface area (Å²) in [6.45, 7) is 3.81. The fourth-order valence-corrected chi connectivity index (χ4v) is 2.88. The minimum atomic E-state index is -0.219. The third kappa shape index (κ3) is 3.29. The lowest BCUT2D eigenvalue weighted by atomic mass is 10.3. The van der Waals surface area contributed by atoms with Gasteiger partial charge in [-0.2, -0.15) is 5.10 Å². The van der Waals surface area contributed by atoms with Crippen molar-refractivity contribution < 1.29 is 4.79 Å². The number of urea groups is 1. The monoisotopic (exact) mass is 266 g/mol. The van der Waals surface area contributed by atoms with Crippen molar-refractivity contribution in [3.8, 4) is 0 Å². The second kappa shape index (κ2) is 5.95. The van der Waals surface area contributed by atoms with Gasteiger partial charge in [0.1, 0.15) is 0 Å². The van der Waals surface area contributed by atoms with Gasteiger partial charge in [-0.1, -0.05) is 12.8 Å². The lowest BCUT2D eigenvalue weighted by Gasteiger charge is -2.10. The highest BCUT2D eigenvalue weighted by atomic mass is 32.1. The van der Waals surface area contributed by atoms with E-state index in [0.717, 1.165) is 29.1 Å². The SMILES string of the molecule is CC(=NNC(=O)NC1CCCC1)c1scnc1C. The van der Waals surface area contributed by atoms with Gasteiger partial charge in [0.2, 0.25) is 0 Å². The first-order valence-electron chi connectivity index (χ1n) is 6.18. The summed E-state index contributed by atoms with van der Waals surface area (Å²) >= 11 is 1.53. The lowest BCUT2D eigenvalue weighted by molar-refractivity contribution is 0.237. The normalized spacial score (nSPS) is 16.9.